The van der Waals surface area contributed by atoms with Crippen molar-refractivity contribution in [3.8, 4) is 11.1 Å². The van der Waals surface area contributed by atoms with Crippen molar-refractivity contribution in [2.24, 2.45) is 0 Å². The second kappa shape index (κ2) is 7.96. The van der Waals surface area contributed by atoms with E-state index in [9.17, 15) is 9.18 Å². The third kappa shape index (κ3) is 3.94. The number of halogens is 1. The molecular weight excluding hydrogens is 311 g/mol. The van der Waals surface area contributed by atoms with Crippen LogP contribution in [0.1, 0.15) is 17.3 Å². The fraction of sp³-hybridized carbons (Fsp3) is 0.294. The van der Waals surface area contributed by atoms with Crippen LogP contribution < -0.4 is 10.8 Å². The van der Waals surface area contributed by atoms with Crippen LogP contribution in [0.4, 0.5) is 4.39 Å². The van der Waals surface area contributed by atoms with Crippen molar-refractivity contribution < 1.29 is 14.4 Å². The molecule has 1 aromatic carbocycles. The Morgan fingerprint density at radius 2 is 1.83 bits per heavy atom. The maximum atomic E-state index is 12.9. The molecule has 2 unspecified atom stereocenters. The molecule has 0 spiro atoms. The van der Waals surface area contributed by atoms with Gasteiger partial charge in [-0.25, -0.2) is 4.98 Å². The van der Waals surface area contributed by atoms with Crippen LogP contribution in [-0.2, 0) is 0 Å². The Hall–Kier alpha value is -2.35. The van der Waals surface area contributed by atoms with Gasteiger partial charge in [0.25, 0.3) is 5.91 Å². The lowest BCUT2D eigenvalue weighted by atomic mass is 10.0. The second-order valence-electron chi connectivity index (χ2n) is 5.50. The minimum atomic E-state index is -0.530. The Labute approximate surface area is 140 Å². The Balaban J connectivity index is 2.14. The average Bonchev–Trinajstić information content (AvgIpc) is 2.62. The lowest BCUT2D eigenvalue weighted by molar-refractivity contribution is 0.0493. The van der Waals surface area contributed by atoms with Gasteiger partial charge in [-0.2, -0.15) is 9.87 Å². The zero-order valence-electron chi connectivity index (χ0n) is 13.8. The topological polar surface area (TPSA) is 77.5 Å². The van der Waals surface area contributed by atoms with E-state index in [0.717, 1.165) is 11.1 Å². The van der Waals surface area contributed by atoms with Crippen molar-refractivity contribution in [2.75, 3.05) is 14.1 Å². The van der Waals surface area contributed by atoms with Crippen LogP contribution in [0.3, 0.4) is 0 Å². The van der Waals surface area contributed by atoms with Crippen LogP contribution in [0, 0.1) is 5.95 Å². The van der Waals surface area contributed by atoms with Gasteiger partial charge in [-0.05, 0) is 43.8 Å². The molecule has 6 nitrogen and oxygen atoms in total. The molecule has 24 heavy (non-hydrogen) atoms. The van der Waals surface area contributed by atoms with Gasteiger partial charge in [-0.3, -0.25) is 4.79 Å². The number of carbonyl (C=O) groups excluding carboxylic acids is 1. The molecular formula is C17H21FN4O2. The van der Waals surface area contributed by atoms with E-state index in [-0.39, 0.29) is 11.9 Å². The minimum absolute atomic E-state index is 0.165. The predicted octanol–water partition coefficient (Wildman–Crippen LogP) is 1.87. The highest BCUT2D eigenvalue weighted by Crippen LogP contribution is 2.20. The number of rotatable bonds is 6. The van der Waals surface area contributed by atoms with E-state index in [1.807, 2.05) is 6.92 Å². The first kappa shape index (κ1) is 18.0. The number of aromatic nitrogens is 1. The maximum absolute atomic E-state index is 12.9. The van der Waals surface area contributed by atoms with Gasteiger partial charge >= 0.3 is 0 Å². The summed E-state index contributed by atoms with van der Waals surface area (Å²) in [5.41, 5.74) is 4.28. The molecule has 1 amide bonds. The van der Waals surface area contributed by atoms with Crippen molar-refractivity contribution in [3.63, 3.8) is 0 Å². The summed E-state index contributed by atoms with van der Waals surface area (Å²) in [4.78, 5) is 17.7. The van der Waals surface area contributed by atoms with Gasteiger partial charge in [-0.1, -0.05) is 12.1 Å². The lowest BCUT2D eigenvalue weighted by Gasteiger charge is -2.31. The highest BCUT2D eigenvalue weighted by atomic mass is 19.1. The number of nitrogens with one attached hydrogen (secondary N) is 2. The molecule has 0 radical (unpaired) electrons. The Bertz CT molecular complexity index is 672. The van der Waals surface area contributed by atoms with Crippen LogP contribution >= 0.6 is 0 Å². The largest absolute Gasteiger partial charge is 0.336 e. The van der Waals surface area contributed by atoms with Gasteiger partial charge < -0.3 is 15.4 Å². The molecule has 0 saturated heterocycles. The Kier molecular flexibility index (Phi) is 5.97. The number of benzene rings is 1. The minimum Gasteiger partial charge on any atom is -0.336 e. The van der Waals surface area contributed by atoms with E-state index in [1.54, 1.807) is 49.3 Å². The van der Waals surface area contributed by atoms with Crippen LogP contribution in [0.2, 0.25) is 0 Å². The first-order valence-electron chi connectivity index (χ1n) is 7.54. The fourth-order valence-corrected chi connectivity index (χ4v) is 2.38. The summed E-state index contributed by atoms with van der Waals surface area (Å²) in [6.07, 6.45) is 1.01. The van der Waals surface area contributed by atoms with Crippen LogP contribution in [0.5, 0.6) is 0 Å². The molecule has 0 aliphatic rings. The number of hydrogen-bond donors (Lipinski definition) is 3. The lowest BCUT2D eigenvalue weighted by Crippen LogP contribution is -2.54. The molecule has 7 heteroatoms. The van der Waals surface area contributed by atoms with Crippen LogP contribution in [0.25, 0.3) is 11.1 Å². The number of nitrogens with zero attached hydrogens (tertiary/aromatic N) is 2. The summed E-state index contributed by atoms with van der Waals surface area (Å²) in [6, 6.07) is 9.67. The highest BCUT2D eigenvalue weighted by Gasteiger charge is 2.23. The molecule has 0 aliphatic carbocycles. The van der Waals surface area contributed by atoms with Crippen molar-refractivity contribution in [1.82, 2.24) is 20.7 Å². The second-order valence-corrected chi connectivity index (χ2v) is 5.50. The number of carbonyl (C=O) groups is 1. The number of amides is 1. The third-order valence-electron chi connectivity index (χ3n) is 4.06. The highest BCUT2D eigenvalue weighted by molar-refractivity contribution is 5.94. The fourth-order valence-electron chi connectivity index (χ4n) is 2.38. The average molecular weight is 332 g/mol. The van der Waals surface area contributed by atoms with E-state index in [4.69, 9.17) is 5.21 Å². The van der Waals surface area contributed by atoms with Gasteiger partial charge in [0, 0.05) is 24.4 Å². The summed E-state index contributed by atoms with van der Waals surface area (Å²) in [7, 11) is 3.36. The monoisotopic (exact) mass is 332 g/mol. The molecule has 2 rings (SSSR count). The molecule has 2 aromatic rings. The van der Waals surface area contributed by atoms with E-state index < -0.39 is 12.1 Å². The number of likely N-dealkylation sites (N-methyl/N-ethyl adjacent to an activating group) is 2. The summed E-state index contributed by atoms with van der Waals surface area (Å²) >= 11 is 0. The summed E-state index contributed by atoms with van der Waals surface area (Å²) in [5.74, 6) is -0.695. The van der Waals surface area contributed by atoms with Crippen LogP contribution in [-0.4, -0.2) is 47.3 Å². The quantitative estimate of drug-likeness (QED) is 0.428. The molecule has 0 bridgehead atoms. The molecule has 128 valence electrons. The zero-order chi connectivity index (χ0) is 17.7. The Morgan fingerprint density at radius 3 is 2.33 bits per heavy atom. The molecule has 0 aliphatic heterocycles. The van der Waals surface area contributed by atoms with Crippen molar-refractivity contribution in [3.05, 3.63) is 54.1 Å². The van der Waals surface area contributed by atoms with Gasteiger partial charge in [-0.15, -0.1) is 0 Å². The summed E-state index contributed by atoms with van der Waals surface area (Å²) in [5, 5.41) is 12.0. The van der Waals surface area contributed by atoms with E-state index in [0.29, 0.717) is 5.56 Å². The predicted molar refractivity (Wildman–Crippen MR) is 89.0 cm³/mol. The van der Waals surface area contributed by atoms with Gasteiger partial charge in [0.1, 0.15) is 6.17 Å². The van der Waals surface area contributed by atoms with Crippen molar-refractivity contribution in [2.45, 2.75) is 19.1 Å². The normalized spacial score (nSPS) is 13.4. The summed E-state index contributed by atoms with van der Waals surface area (Å²) in [6.45, 7) is 1.82. The van der Waals surface area contributed by atoms with E-state index >= 15 is 0 Å². The van der Waals surface area contributed by atoms with E-state index in [2.05, 4.69) is 15.8 Å². The van der Waals surface area contributed by atoms with Crippen molar-refractivity contribution >= 4 is 5.91 Å². The first-order chi connectivity index (χ1) is 11.5. The number of hydroxylamine groups is 1. The zero-order valence-corrected chi connectivity index (χ0v) is 13.8. The number of hydrogen-bond acceptors (Lipinski definition) is 5. The van der Waals surface area contributed by atoms with Gasteiger partial charge in [0.15, 0.2) is 0 Å². The number of pyridine rings is 1. The molecule has 0 saturated carbocycles. The molecule has 0 fully saturated rings. The molecule has 1 aromatic heterocycles. The smallest absolute Gasteiger partial charge is 0.253 e. The third-order valence-corrected chi connectivity index (χ3v) is 4.06. The van der Waals surface area contributed by atoms with Gasteiger partial charge in [0.2, 0.25) is 5.95 Å². The molecule has 3 N–H and O–H groups in total. The summed E-state index contributed by atoms with van der Waals surface area (Å²) < 4.78 is 12.9. The van der Waals surface area contributed by atoms with Gasteiger partial charge in [0.05, 0.1) is 6.04 Å². The molecule has 2 atom stereocenters. The Morgan fingerprint density at radius 1 is 1.21 bits per heavy atom. The van der Waals surface area contributed by atoms with Crippen molar-refractivity contribution in [1.29, 1.82) is 0 Å². The first-order valence-corrected chi connectivity index (χ1v) is 7.54. The van der Waals surface area contributed by atoms with Crippen LogP contribution in [0.15, 0.2) is 42.6 Å². The van der Waals surface area contributed by atoms with E-state index in [1.165, 1.54) is 12.3 Å². The molecule has 1 heterocycles. The SMILES string of the molecule is CNC(NO)C(C)N(C)C(=O)c1ccc(-c2ccc(F)nc2)cc1. The maximum Gasteiger partial charge on any atom is 0.253 e. The standard InChI is InChI=1S/C17H21FN4O2/c1-11(16(19-2)21-24)22(3)17(23)13-6-4-12(5-7-13)14-8-9-15(18)20-10-14/h4-11,16,19,21,24H,1-3H3.